The van der Waals surface area contributed by atoms with Crippen molar-refractivity contribution in [1.82, 2.24) is 14.8 Å². The standard InChI is InChI=1S/C13H13F2N3O2/c1-18-12(11(14)15)16-10(17-18)7-8-3-5-9(6-4-8)13(19)20-2/h3-6,11H,7H2,1-2H3. The zero-order valence-corrected chi connectivity index (χ0v) is 11.0. The fraction of sp³-hybridized carbons (Fsp3) is 0.308. The van der Waals surface area contributed by atoms with Crippen LogP contribution >= 0.6 is 0 Å². The summed E-state index contributed by atoms with van der Waals surface area (Å²) in [5.41, 5.74) is 1.25. The number of alkyl halides is 2. The van der Waals surface area contributed by atoms with Gasteiger partial charge in [0.1, 0.15) is 0 Å². The van der Waals surface area contributed by atoms with Crippen molar-refractivity contribution in [3.8, 4) is 0 Å². The molecule has 0 atom stereocenters. The summed E-state index contributed by atoms with van der Waals surface area (Å²) in [4.78, 5) is 15.1. The van der Waals surface area contributed by atoms with Crippen molar-refractivity contribution < 1.29 is 18.3 Å². The predicted octanol–water partition coefficient (Wildman–Crippen LogP) is 2.13. The van der Waals surface area contributed by atoms with Crippen LogP contribution in [0.4, 0.5) is 8.78 Å². The Bertz CT molecular complexity index is 609. The fourth-order valence-electron chi connectivity index (χ4n) is 1.78. The summed E-state index contributed by atoms with van der Waals surface area (Å²) >= 11 is 0. The third kappa shape index (κ3) is 2.98. The summed E-state index contributed by atoms with van der Waals surface area (Å²) in [5, 5.41) is 3.93. The van der Waals surface area contributed by atoms with Gasteiger partial charge in [0.05, 0.1) is 12.7 Å². The van der Waals surface area contributed by atoms with Gasteiger partial charge in [-0.3, -0.25) is 0 Å². The molecule has 0 radical (unpaired) electrons. The first-order chi connectivity index (χ1) is 9.51. The number of aryl methyl sites for hydroxylation is 1. The fourth-order valence-corrected chi connectivity index (χ4v) is 1.78. The van der Waals surface area contributed by atoms with Crippen LogP contribution in [-0.2, 0) is 18.2 Å². The number of benzene rings is 1. The van der Waals surface area contributed by atoms with E-state index in [1.807, 2.05) is 0 Å². The zero-order valence-electron chi connectivity index (χ0n) is 11.0. The molecule has 0 bridgehead atoms. The number of hydrogen-bond acceptors (Lipinski definition) is 4. The molecule has 5 nitrogen and oxygen atoms in total. The number of hydrogen-bond donors (Lipinski definition) is 0. The van der Waals surface area contributed by atoms with Gasteiger partial charge < -0.3 is 4.74 Å². The Hall–Kier alpha value is -2.31. The summed E-state index contributed by atoms with van der Waals surface area (Å²) in [6.45, 7) is 0. The van der Waals surface area contributed by atoms with Gasteiger partial charge in [0.25, 0.3) is 6.43 Å². The lowest BCUT2D eigenvalue weighted by molar-refractivity contribution is 0.0600. The molecule has 106 valence electrons. The summed E-state index contributed by atoms with van der Waals surface area (Å²) in [6, 6.07) is 6.64. The number of aromatic nitrogens is 3. The molecule has 2 rings (SSSR count). The van der Waals surface area contributed by atoms with Crippen LogP contribution in [0.5, 0.6) is 0 Å². The molecule has 0 aliphatic carbocycles. The SMILES string of the molecule is COC(=O)c1ccc(Cc2nc(C(F)F)n(C)n2)cc1. The van der Waals surface area contributed by atoms with E-state index in [-0.39, 0.29) is 5.82 Å². The van der Waals surface area contributed by atoms with Gasteiger partial charge in [-0.15, -0.1) is 0 Å². The van der Waals surface area contributed by atoms with Crippen LogP contribution < -0.4 is 0 Å². The second-order valence-corrected chi connectivity index (χ2v) is 4.18. The van der Waals surface area contributed by atoms with Crippen molar-refractivity contribution in [2.24, 2.45) is 7.05 Å². The van der Waals surface area contributed by atoms with E-state index < -0.39 is 12.4 Å². The van der Waals surface area contributed by atoms with E-state index in [1.54, 1.807) is 24.3 Å². The van der Waals surface area contributed by atoms with E-state index in [0.717, 1.165) is 10.2 Å². The molecule has 0 amide bonds. The van der Waals surface area contributed by atoms with Crippen molar-refractivity contribution in [3.63, 3.8) is 0 Å². The minimum absolute atomic E-state index is 0.314. The first-order valence-electron chi connectivity index (χ1n) is 5.86. The lowest BCUT2D eigenvalue weighted by Crippen LogP contribution is -2.01. The second kappa shape index (κ2) is 5.77. The molecule has 0 unspecified atom stereocenters. The number of carbonyl (C=O) groups is 1. The maximum absolute atomic E-state index is 12.6. The zero-order chi connectivity index (χ0) is 14.7. The summed E-state index contributed by atoms with van der Waals surface area (Å²) in [7, 11) is 2.73. The van der Waals surface area contributed by atoms with Crippen molar-refractivity contribution in [2.75, 3.05) is 7.11 Å². The Balaban J connectivity index is 2.14. The monoisotopic (exact) mass is 281 g/mol. The van der Waals surface area contributed by atoms with Gasteiger partial charge in [0.2, 0.25) is 0 Å². The van der Waals surface area contributed by atoms with E-state index in [4.69, 9.17) is 0 Å². The molecule has 1 aromatic carbocycles. The normalized spacial score (nSPS) is 10.8. The average Bonchev–Trinajstić information content (AvgIpc) is 2.79. The first-order valence-corrected chi connectivity index (χ1v) is 5.86. The lowest BCUT2D eigenvalue weighted by atomic mass is 10.1. The van der Waals surface area contributed by atoms with Crippen molar-refractivity contribution in [1.29, 1.82) is 0 Å². The molecule has 0 fully saturated rings. The van der Waals surface area contributed by atoms with Crippen LogP contribution in [0.3, 0.4) is 0 Å². The maximum atomic E-state index is 12.6. The predicted molar refractivity (Wildman–Crippen MR) is 66.5 cm³/mol. The van der Waals surface area contributed by atoms with Crippen LogP contribution in [0.15, 0.2) is 24.3 Å². The van der Waals surface area contributed by atoms with Crippen LogP contribution in [0.2, 0.25) is 0 Å². The summed E-state index contributed by atoms with van der Waals surface area (Å²) in [6.07, 6.45) is -2.33. The summed E-state index contributed by atoms with van der Waals surface area (Å²) in [5.74, 6) is -0.465. The third-order valence-corrected chi connectivity index (χ3v) is 2.77. The molecule has 2 aromatic rings. The van der Waals surface area contributed by atoms with Gasteiger partial charge in [0.15, 0.2) is 11.6 Å². The van der Waals surface area contributed by atoms with Gasteiger partial charge in [-0.05, 0) is 17.7 Å². The Morgan fingerprint density at radius 3 is 2.50 bits per heavy atom. The van der Waals surface area contributed by atoms with Gasteiger partial charge in [-0.2, -0.15) is 5.10 Å². The number of esters is 1. The van der Waals surface area contributed by atoms with Gasteiger partial charge in [0, 0.05) is 13.5 Å². The molecule has 1 aromatic heterocycles. The van der Waals surface area contributed by atoms with E-state index in [1.165, 1.54) is 14.2 Å². The Labute approximate surface area is 114 Å². The highest BCUT2D eigenvalue weighted by Crippen LogP contribution is 2.17. The highest BCUT2D eigenvalue weighted by Gasteiger charge is 2.16. The summed E-state index contributed by atoms with van der Waals surface area (Å²) < 4.78 is 30.8. The second-order valence-electron chi connectivity index (χ2n) is 4.18. The molecule has 7 heteroatoms. The third-order valence-electron chi connectivity index (χ3n) is 2.77. The number of methoxy groups -OCH3 is 1. The molecular formula is C13H13F2N3O2. The van der Waals surface area contributed by atoms with Crippen LogP contribution in [0.25, 0.3) is 0 Å². The number of carbonyl (C=O) groups excluding carboxylic acids is 1. The Morgan fingerprint density at radius 1 is 1.35 bits per heavy atom. The smallest absolute Gasteiger partial charge is 0.337 e. The van der Waals surface area contributed by atoms with Gasteiger partial charge in [-0.25, -0.2) is 23.2 Å². The molecule has 0 saturated carbocycles. The Kier molecular flexibility index (Phi) is 4.07. The maximum Gasteiger partial charge on any atom is 0.337 e. The van der Waals surface area contributed by atoms with Gasteiger partial charge >= 0.3 is 5.97 Å². The molecule has 0 spiro atoms. The number of rotatable bonds is 4. The highest BCUT2D eigenvalue weighted by atomic mass is 19.3. The largest absolute Gasteiger partial charge is 0.465 e. The molecule has 0 aliphatic rings. The van der Waals surface area contributed by atoms with E-state index in [2.05, 4.69) is 14.8 Å². The molecule has 20 heavy (non-hydrogen) atoms. The minimum atomic E-state index is -2.65. The first kappa shape index (κ1) is 14.1. The average molecular weight is 281 g/mol. The number of nitrogens with zero attached hydrogens (tertiary/aromatic N) is 3. The van der Waals surface area contributed by atoms with E-state index >= 15 is 0 Å². The van der Waals surface area contributed by atoms with Crippen molar-refractivity contribution >= 4 is 5.97 Å². The topological polar surface area (TPSA) is 57.0 Å². The molecule has 0 N–H and O–H groups in total. The molecular weight excluding hydrogens is 268 g/mol. The van der Waals surface area contributed by atoms with Crippen molar-refractivity contribution in [3.05, 3.63) is 47.0 Å². The van der Waals surface area contributed by atoms with Gasteiger partial charge in [-0.1, -0.05) is 12.1 Å². The number of halogens is 2. The molecule has 0 saturated heterocycles. The minimum Gasteiger partial charge on any atom is -0.465 e. The Morgan fingerprint density at radius 2 is 2.00 bits per heavy atom. The van der Waals surface area contributed by atoms with Crippen LogP contribution in [-0.4, -0.2) is 27.8 Å². The quantitative estimate of drug-likeness (QED) is 0.806. The van der Waals surface area contributed by atoms with Crippen LogP contribution in [0, 0.1) is 0 Å². The lowest BCUT2D eigenvalue weighted by Gasteiger charge is -2.01. The van der Waals surface area contributed by atoms with Crippen LogP contribution in [0.1, 0.15) is 34.0 Å². The van der Waals surface area contributed by atoms with E-state index in [9.17, 15) is 13.6 Å². The molecule has 1 heterocycles. The number of ether oxygens (including phenoxy) is 1. The highest BCUT2D eigenvalue weighted by molar-refractivity contribution is 5.89. The van der Waals surface area contributed by atoms with Crippen molar-refractivity contribution in [2.45, 2.75) is 12.8 Å². The molecule has 0 aliphatic heterocycles. The van der Waals surface area contributed by atoms with E-state index in [0.29, 0.717) is 17.8 Å².